The Morgan fingerprint density at radius 3 is 2.25 bits per heavy atom. The van der Waals surface area contributed by atoms with Crippen molar-refractivity contribution in [3.05, 3.63) is 12.1 Å². The number of carbonyl (C=O) groups excluding carboxylic acids is 1. The highest BCUT2D eigenvalue weighted by Gasteiger charge is 2.14. The van der Waals surface area contributed by atoms with Crippen molar-refractivity contribution in [1.82, 2.24) is 5.32 Å². The lowest BCUT2D eigenvalue weighted by molar-refractivity contribution is -0.120. The molecule has 0 saturated heterocycles. The third kappa shape index (κ3) is 4.53. The Kier molecular flexibility index (Phi) is 5.07. The fourth-order valence-electron chi connectivity index (χ4n) is 1.69. The fourth-order valence-corrected chi connectivity index (χ4v) is 1.69. The molecule has 112 valence electrons. The lowest BCUT2D eigenvalue weighted by Crippen LogP contribution is -2.43. The van der Waals surface area contributed by atoms with Crippen LogP contribution < -0.4 is 25.8 Å². The number of hydrogen-bond acceptors (Lipinski definition) is 5. The summed E-state index contributed by atoms with van der Waals surface area (Å²) in [6.45, 7) is 5.91. The Bertz CT molecular complexity index is 481. The van der Waals surface area contributed by atoms with E-state index >= 15 is 0 Å². The molecular formula is C14H23N3O3. The van der Waals surface area contributed by atoms with Crippen molar-refractivity contribution in [2.45, 2.75) is 26.3 Å². The monoisotopic (exact) mass is 281 g/mol. The summed E-state index contributed by atoms with van der Waals surface area (Å²) in [6.07, 6.45) is 0. The molecule has 6 heteroatoms. The van der Waals surface area contributed by atoms with Gasteiger partial charge in [-0.05, 0) is 20.8 Å². The molecule has 0 saturated carbocycles. The van der Waals surface area contributed by atoms with Gasteiger partial charge in [0.25, 0.3) is 0 Å². The highest BCUT2D eigenvalue weighted by Crippen LogP contribution is 2.34. The maximum Gasteiger partial charge on any atom is 0.239 e. The van der Waals surface area contributed by atoms with Gasteiger partial charge < -0.3 is 25.8 Å². The van der Waals surface area contributed by atoms with Crippen molar-refractivity contribution >= 4 is 17.3 Å². The summed E-state index contributed by atoms with van der Waals surface area (Å²) in [7, 11) is 3.09. The van der Waals surface area contributed by atoms with Crippen LogP contribution in [0.15, 0.2) is 12.1 Å². The molecule has 0 fully saturated rings. The maximum absolute atomic E-state index is 11.8. The highest BCUT2D eigenvalue weighted by atomic mass is 16.5. The van der Waals surface area contributed by atoms with E-state index in [-0.39, 0.29) is 18.0 Å². The van der Waals surface area contributed by atoms with Crippen molar-refractivity contribution < 1.29 is 14.3 Å². The van der Waals surface area contributed by atoms with E-state index in [0.29, 0.717) is 22.9 Å². The van der Waals surface area contributed by atoms with Crippen molar-refractivity contribution in [1.29, 1.82) is 0 Å². The van der Waals surface area contributed by atoms with E-state index in [1.54, 1.807) is 26.4 Å². The SMILES string of the molecule is COc1cc(N)c(NCC(=O)NC(C)(C)C)cc1OC. The van der Waals surface area contributed by atoms with Crippen molar-refractivity contribution in [3.63, 3.8) is 0 Å². The zero-order chi connectivity index (χ0) is 15.3. The number of hydrogen-bond donors (Lipinski definition) is 3. The molecule has 1 aromatic carbocycles. The molecule has 0 bridgehead atoms. The van der Waals surface area contributed by atoms with E-state index < -0.39 is 0 Å². The lowest BCUT2D eigenvalue weighted by Gasteiger charge is -2.21. The lowest BCUT2D eigenvalue weighted by atomic mass is 10.1. The van der Waals surface area contributed by atoms with E-state index in [1.807, 2.05) is 20.8 Å². The molecule has 0 aliphatic rings. The van der Waals surface area contributed by atoms with Gasteiger partial charge in [-0.3, -0.25) is 4.79 Å². The molecule has 1 rings (SSSR count). The predicted molar refractivity (Wildman–Crippen MR) is 80.3 cm³/mol. The van der Waals surface area contributed by atoms with Gasteiger partial charge in [-0.15, -0.1) is 0 Å². The number of nitrogen functional groups attached to an aromatic ring is 1. The van der Waals surface area contributed by atoms with E-state index in [0.717, 1.165) is 0 Å². The van der Waals surface area contributed by atoms with Crippen LogP contribution in [-0.2, 0) is 4.79 Å². The minimum Gasteiger partial charge on any atom is -0.493 e. The van der Waals surface area contributed by atoms with E-state index in [2.05, 4.69) is 10.6 Å². The molecule has 0 aliphatic heterocycles. The molecule has 4 N–H and O–H groups in total. The molecule has 0 radical (unpaired) electrons. The average Bonchev–Trinajstić information content (AvgIpc) is 2.34. The van der Waals surface area contributed by atoms with Crippen LogP contribution >= 0.6 is 0 Å². The Labute approximate surface area is 119 Å². The third-order valence-electron chi connectivity index (χ3n) is 2.51. The average molecular weight is 281 g/mol. The van der Waals surface area contributed by atoms with E-state index in [1.165, 1.54) is 0 Å². The van der Waals surface area contributed by atoms with Crippen molar-refractivity contribution in [3.8, 4) is 11.5 Å². The number of anilines is 2. The maximum atomic E-state index is 11.8. The molecule has 20 heavy (non-hydrogen) atoms. The number of carbonyl (C=O) groups is 1. The van der Waals surface area contributed by atoms with Gasteiger partial charge in [0.15, 0.2) is 11.5 Å². The van der Waals surface area contributed by atoms with Crippen LogP contribution in [0, 0.1) is 0 Å². The van der Waals surface area contributed by atoms with Crippen LogP contribution in [-0.4, -0.2) is 32.2 Å². The second-order valence-electron chi connectivity index (χ2n) is 5.45. The smallest absolute Gasteiger partial charge is 0.239 e. The van der Waals surface area contributed by atoms with Crippen LogP contribution in [0.5, 0.6) is 11.5 Å². The first-order valence-corrected chi connectivity index (χ1v) is 6.33. The molecule has 1 aromatic rings. The molecule has 0 heterocycles. The second-order valence-corrected chi connectivity index (χ2v) is 5.45. The van der Waals surface area contributed by atoms with Crippen LogP contribution in [0.2, 0.25) is 0 Å². The summed E-state index contributed by atoms with van der Waals surface area (Å²) in [4.78, 5) is 11.8. The summed E-state index contributed by atoms with van der Waals surface area (Å²) in [5, 5.41) is 5.85. The largest absolute Gasteiger partial charge is 0.493 e. The van der Waals surface area contributed by atoms with E-state index in [9.17, 15) is 4.79 Å². The standard InChI is InChI=1S/C14H23N3O3/c1-14(2,3)17-13(18)8-16-10-7-12(20-5)11(19-4)6-9(10)15/h6-7,16H,8,15H2,1-5H3,(H,17,18). The number of rotatable bonds is 5. The predicted octanol–water partition coefficient (Wildman–Crippen LogP) is 1.61. The van der Waals surface area contributed by atoms with Crippen LogP contribution in [0.1, 0.15) is 20.8 Å². The Morgan fingerprint density at radius 1 is 1.20 bits per heavy atom. The second kappa shape index (κ2) is 6.36. The van der Waals surface area contributed by atoms with Gasteiger partial charge in [-0.1, -0.05) is 0 Å². The Hall–Kier alpha value is -2.11. The minimum absolute atomic E-state index is 0.105. The van der Waals surface area contributed by atoms with Crippen molar-refractivity contribution in [2.24, 2.45) is 0 Å². The summed E-state index contributed by atoms with van der Waals surface area (Å²) >= 11 is 0. The fraction of sp³-hybridized carbons (Fsp3) is 0.500. The van der Waals surface area contributed by atoms with E-state index in [4.69, 9.17) is 15.2 Å². The van der Waals surface area contributed by atoms with Crippen LogP contribution in [0.3, 0.4) is 0 Å². The number of nitrogens with one attached hydrogen (secondary N) is 2. The van der Waals surface area contributed by atoms with Gasteiger partial charge in [0, 0.05) is 17.7 Å². The molecule has 0 aliphatic carbocycles. The summed E-state index contributed by atoms with van der Waals surface area (Å²) in [5.74, 6) is 1.00. The first-order chi connectivity index (χ1) is 9.26. The minimum atomic E-state index is -0.262. The summed E-state index contributed by atoms with van der Waals surface area (Å²) < 4.78 is 10.3. The van der Waals surface area contributed by atoms with Gasteiger partial charge in [-0.2, -0.15) is 0 Å². The number of ether oxygens (including phenoxy) is 2. The highest BCUT2D eigenvalue weighted by molar-refractivity contribution is 5.83. The Morgan fingerprint density at radius 2 is 1.75 bits per heavy atom. The van der Waals surface area contributed by atoms with Gasteiger partial charge >= 0.3 is 0 Å². The molecule has 0 aromatic heterocycles. The zero-order valence-corrected chi connectivity index (χ0v) is 12.7. The van der Waals surface area contributed by atoms with Crippen LogP contribution in [0.25, 0.3) is 0 Å². The number of methoxy groups -OCH3 is 2. The zero-order valence-electron chi connectivity index (χ0n) is 12.7. The van der Waals surface area contributed by atoms with Gasteiger partial charge in [0.1, 0.15) is 0 Å². The summed E-state index contributed by atoms with van der Waals surface area (Å²) in [5.41, 5.74) is 6.77. The number of nitrogens with two attached hydrogens (primary N) is 1. The van der Waals surface area contributed by atoms with Crippen molar-refractivity contribution in [2.75, 3.05) is 31.8 Å². The molecule has 1 amide bonds. The Balaban J connectivity index is 2.76. The molecule has 6 nitrogen and oxygen atoms in total. The molecular weight excluding hydrogens is 258 g/mol. The molecule has 0 unspecified atom stereocenters. The van der Waals surface area contributed by atoms with Gasteiger partial charge in [0.2, 0.25) is 5.91 Å². The molecule has 0 spiro atoms. The van der Waals surface area contributed by atoms with Crippen LogP contribution in [0.4, 0.5) is 11.4 Å². The number of benzene rings is 1. The quantitative estimate of drug-likeness (QED) is 0.714. The topological polar surface area (TPSA) is 85.6 Å². The first kappa shape index (κ1) is 15.9. The normalized spacial score (nSPS) is 10.8. The first-order valence-electron chi connectivity index (χ1n) is 6.33. The number of amides is 1. The molecule has 0 atom stereocenters. The van der Waals surface area contributed by atoms with Gasteiger partial charge in [-0.25, -0.2) is 0 Å². The summed E-state index contributed by atoms with van der Waals surface area (Å²) in [6, 6.07) is 3.36. The third-order valence-corrected chi connectivity index (χ3v) is 2.51. The van der Waals surface area contributed by atoms with Gasteiger partial charge in [0.05, 0.1) is 32.1 Å².